The number of rotatable bonds is 7. The van der Waals surface area contributed by atoms with E-state index in [1.165, 1.54) is 17.3 Å². The zero-order chi connectivity index (χ0) is 19.2. The average molecular weight is 405 g/mol. The number of hydrogen-bond acceptors (Lipinski definition) is 5. The van der Waals surface area contributed by atoms with Crippen LogP contribution in [0.1, 0.15) is 16.7 Å². The fraction of sp³-hybridized carbons (Fsp3) is 0.211. The van der Waals surface area contributed by atoms with Crippen LogP contribution in [0.5, 0.6) is 11.5 Å². The standard InChI is InChI=1S/C19H18Cl2N4O2/c1-13-5-14(2)7-17(6-13)26-3-4-27-19-15(8-16(20)9-18(19)21)10-24-25-11-22-23-12-25/h5-12H,3-4H2,1-2H3/b24-10+. The van der Waals surface area contributed by atoms with Gasteiger partial charge in [0, 0.05) is 10.6 Å². The van der Waals surface area contributed by atoms with Crippen LogP contribution >= 0.6 is 23.2 Å². The van der Waals surface area contributed by atoms with E-state index in [9.17, 15) is 0 Å². The van der Waals surface area contributed by atoms with Gasteiger partial charge in [0.05, 0.1) is 11.2 Å². The van der Waals surface area contributed by atoms with E-state index >= 15 is 0 Å². The summed E-state index contributed by atoms with van der Waals surface area (Å²) in [7, 11) is 0. The third-order valence-corrected chi connectivity index (χ3v) is 4.07. The number of ether oxygens (including phenoxy) is 2. The lowest BCUT2D eigenvalue weighted by molar-refractivity contribution is 0.217. The average Bonchev–Trinajstić information content (AvgIpc) is 3.11. The summed E-state index contributed by atoms with van der Waals surface area (Å²) in [6, 6.07) is 9.41. The molecule has 3 aromatic rings. The first-order valence-corrected chi connectivity index (χ1v) is 8.99. The van der Waals surface area contributed by atoms with Gasteiger partial charge in [0.2, 0.25) is 0 Å². The molecule has 0 N–H and O–H groups in total. The Morgan fingerprint density at radius 1 is 0.963 bits per heavy atom. The van der Waals surface area contributed by atoms with Crippen LogP contribution in [-0.4, -0.2) is 34.3 Å². The van der Waals surface area contributed by atoms with Crippen LogP contribution in [-0.2, 0) is 0 Å². The van der Waals surface area contributed by atoms with Gasteiger partial charge in [0.25, 0.3) is 0 Å². The molecule has 0 fully saturated rings. The van der Waals surface area contributed by atoms with Crippen molar-refractivity contribution in [3.05, 3.63) is 69.7 Å². The summed E-state index contributed by atoms with van der Waals surface area (Å²) in [5.41, 5.74) is 2.95. The Balaban J connectivity index is 1.66. The van der Waals surface area contributed by atoms with Gasteiger partial charge in [-0.2, -0.15) is 5.10 Å². The molecule has 0 saturated heterocycles. The second-order valence-corrected chi connectivity index (χ2v) is 6.76. The van der Waals surface area contributed by atoms with Crippen molar-refractivity contribution in [2.75, 3.05) is 13.2 Å². The lowest BCUT2D eigenvalue weighted by Gasteiger charge is -2.13. The highest BCUT2D eigenvalue weighted by Crippen LogP contribution is 2.31. The van der Waals surface area contributed by atoms with Crippen molar-refractivity contribution in [1.29, 1.82) is 0 Å². The van der Waals surface area contributed by atoms with Crippen molar-refractivity contribution in [2.45, 2.75) is 13.8 Å². The summed E-state index contributed by atoms with van der Waals surface area (Å²) in [4.78, 5) is 0. The van der Waals surface area contributed by atoms with Crippen LogP contribution in [0, 0.1) is 13.8 Å². The molecule has 0 radical (unpaired) electrons. The van der Waals surface area contributed by atoms with E-state index in [0.29, 0.717) is 34.6 Å². The van der Waals surface area contributed by atoms with E-state index < -0.39 is 0 Å². The highest BCUT2D eigenvalue weighted by Gasteiger charge is 2.10. The van der Waals surface area contributed by atoms with Crippen LogP contribution in [0.2, 0.25) is 10.0 Å². The Hall–Kier alpha value is -2.57. The molecule has 0 atom stereocenters. The van der Waals surface area contributed by atoms with Crippen molar-refractivity contribution in [3.63, 3.8) is 0 Å². The summed E-state index contributed by atoms with van der Waals surface area (Å²) >= 11 is 12.4. The Morgan fingerprint density at radius 3 is 2.33 bits per heavy atom. The van der Waals surface area contributed by atoms with Crippen LogP contribution in [0.15, 0.2) is 48.1 Å². The number of aromatic nitrogens is 3. The summed E-state index contributed by atoms with van der Waals surface area (Å²) in [6.45, 7) is 4.77. The van der Waals surface area contributed by atoms with Crippen molar-refractivity contribution in [2.24, 2.45) is 5.10 Å². The Morgan fingerprint density at radius 2 is 1.63 bits per heavy atom. The van der Waals surface area contributed by atoms with Crippen LogP contribution in [0.25, 0.3) is 0 Å². The molecular formula is C19H18Cl2N4O2. The first-order valence-electron chi connectivity index (χ1n) is 8.23. The molecule has 0 aliphatic carbocycles. The van der Waals surface area contributed by atoms with Gasteiger partial charge in [-0.1, -0.05) is 29.3 Å². The van der Waals surface area contributed by atoms with E-state index in [1.54, 1.807) is 18.3 Å². The molecule has 0 bridgehead atoms. The molecule has 3 rings (SSSR count). The predicted octanol–water partition coefficient (Wildman–Crippen LogP) is 4.54. The smallest absolute Gasteiger partial charge is 0.147 e. The van der Waals surface area contributed by atoms with E-state index in [0.717, 1.165) is 16.9 Å². The maximum absolute atomic E-state index is 6.29. The van der Waals surface area contributed by atoms with E-state index in [-0.39, 0.29) is 0 Å². The van der Waals surface area contributed by atoms with Gasteiger partial charge in [-0.25, -0.2) is 4.68 Å². The van der Waals surface area contributed by atoms with Crippen LogP contribution in [0.4, 0.5) is 0 Å². The Bertz CT molecular complexity index is 923. The quantitative estimate of drug-likeness (QED) is 0.428. The second-order valence-electron chi connectivity index (χ2n) is 5.91. The highest BCUT2D eigenvalue weighted by atomic mass is 35.5. The van der Waals surface area contributed by atoms with E-state index in [1.807, 2.05) is 26.0 Å². The summed E-state index contributed by atoms with van der Waals surface area (Å²) in [6.07, 6.45) is 4.53. The molecule has 1 heterocycles. The van der Waals surface area contributed by atoms with Crippen LogP contribution in [0.3, 0.4) is 0 Å². The monoisotopic (exact) mass is 404 g/mol. The second kappa shape index (κ2) is 8.88. The van der Waals surface area contributed by atoms with E-state index in [4.69, 9.17) is 32.7 Å². The lowest BCUT2D eigenvalue weighted by Crippen LogP contribution is -2.10. The molecule has 27 heavy (non-hydrogen) atoms. The molecule has 2 aromatic carbocycles. The fourth-order valence-corrected chi connectivity index (χ4v) is 3.10. The van der Waals surface area contributed by atoms with Crippen molar-refractivity contribution >= 4 is 29.4 Å². The minimum Gasteiger partial charge on any atom is -0.490 e. The molecule has 0 aliphatic rings. The molecule has 0 aliphatic heterocycles. The molecule has 1 aromatic heterocycles. The molecular weight excluding hydrogens is 387 g/mol. The van der Waals surface area contributed by atoms with Crippen molar-refractivity contribution in [1.82, 2.24) is 14.9 Å². The molecule has 0 amide bonds. The van der Waals surface area contributed by atoms with Crippen molar-refractivity contribution < 1.29 is 9.47 Å². The summed E-state index contributed by atoms with van der Waals surface area (Å²) in [5.74, 6) is 1.30. The topological polar surface area (TPSA) is 61.5 Å². The first-order chi connectivity index (χ1) is 13.0. The maximum Gasteiger partial charge on any atom is 0.147 e. The van der Waals surface area contributed by atoms with Gasteiger partial charge in [-0.05, 0) is 49.2 Å². The minimum atomic E-state index is 0.321. The minimum absolute atomic E-state index is 0.321. The molecule has 6 nitrogen and oxygen atoms in total. The SMILES string of the molecule is Cc1cc(C)cc(OCCOc2c(Cl)cc(Cl)cc2/C=N/n2cnnc2)c1. The third-order valence-electron chi connectivity index (χ3n) is 3.57. The summed E-state index contributed by atoms with van der Waals surface area (Å²) in [5, 5.41) is 12.5. The van der Waals surface area contributed by atoms with Gasteiger partial charge >= 0.3 is 0 Å². The zero-order valence-electron chi connectivity index (χ0n) is 14.9. The zero-order valence-corrected chi connectivity index (χ0v) is 16.4. The lowest BCUT2D eigenvalue weighted by atomic mass is 10.1. The molecule has 8 heteroatoms. The van der Waals surface area contributed by atoms with Crippen molar-refractivity contribution in [3.8, 4) is 11.5 Å². The number of benzene rings is 2. The largest absolute Gasteiger partial charge is 0.490 e. The van der Waals surface area contributed by atoms with Gasteiger partial charge in [-0.15, -0.1) is 10.2 Å². The summed E-state index contributed by atoms with van der Waals surface area (Å²) < 4.78 is 13.1. The fourth-order valence-electron chi connectivity index (χ4n) is 2.53. The normalized spacial score (nSPS) is 11.1. The predicted molar refractivity (Wildman–Crippen MR) is 106 cm³/mol. The molecule has 0 spiro atoms. The Labute approximate surface area is 167 Å². The van der Waals surface area contributed by atoms with E-state index in [2.05, 4.69) is 21.4 Å². The number of halogens is 2. The first kappa shape index (κ1) is 19.2. The van der Waals surface area contributed by atoms with Crippen LogP contribution < -0.4 is 9.47 Å². The van der Waals surface area contributed by atoms with Gasteiger partial charge in [0.15, 0.2) is 0 Å². The number of nitrogens with zero attached hydrogens (tertiary/aromatic N) is 4. The van der Waals surface area contributed by atoms with Gasteiger partial charge in [0.1, 0.15) is 37.4 Å². The number of hydrogen-bond donors (Lipinski definition) is 0. The molecule has 0 unspecified atom stereocenters. The third kappa shape index (κ3) is 5.45. The van der Waals surface area contributed by atoms with Gasteiger partial charge in [-0.3, -0.25) is 0 Å². The molecule has 140 valence electrons. The highest BCUT2D eigenvalue weighted by molar-refractivity contribution is 6.36. The molecule has 0 saturated carbocycles. The maximum atomic E-state index is 6.29. The van der Waals surface area contributed by atoms with Gasteiger partial charge < -0.3 is 9.47 Å². The number of aryl methyl sites for hydroxylation is 2. The Kier molecular flexibility index (Phi) is 6.32.